The van der Waals surface area contributed by atoms with Crippen LogP contribution in [0.3, 0.4) is 0 Å². The molecule has 1 heterocycles. The van der Waals surface area contributed by atoms with E-state index in [4.69, 9.17) is 9.15 Å². The molecule has 0 saturated carbocycles. The van der Waals surface area contributed by atoms with E-state index in [-0.39, 0.29) is 0 Å². The molecule has 0 N–H and O–H groups in total. The van der Waals surface area contributed by atoms with Crippen molar-refractivity contribution in [3.8, 4) is 5.75 Å². The molecule has 0 aliphatic carbocycles. The number of ether oxygens (including phenoxy) is 1. The van der Waals surface area contributed by atoms with Crippen LogP contribution in [-0.2, 0) is 0 Å². The van der Waals surface area contributed by atoms with Gasteiger partial charge >= 0.3 is 0 Å². The van der Waals surface area contributed by atoms with Crippen molar-refractivity contribution in [1.29, 1.82) is 0 Å². The van der Waals surface area contributed by atoms with Gasteiger partial charge in [-0.25, -0.2) is 4.99 Å². The average Bonchev–Trinajstić information content (AvgIpc) is 2.77. The van der Waals surface area contributed by atoms with Crippen LogP contribution in [0.2, 0.25) is 0 Å². The Morgan fingerprint density at radius 3 is 2.61 bits per heavy atom. The Labute approximate surface area is 107 Å². The Morgan fingerprint density at radius 1 is 1.22 bits per heavy atom. The van der Waals surface area contributed by atoms with Crippen LogP contribution < -0.4 is 4.74 Å². The molecular formula is C15H17NO2. The average molecular weight is 243 g/mol. The largest absolute Gasteiger partial charge is 0.494 e. The summed E-state index contributed by atoms with van der Waals surface area (Å²) in [4.78, 5) is 4.57. The molecule has 18 heavy (non-hydrogen) atoms. The van der Waals surface area contributed by atoms with Crippen molar-refractivity contribution in [2.24, 2.45) is 4.99 Å². The monoisotopic (exact) mass is 243 g/mol. The van der Waals surface area contributed by atoms with Crippen LogP contribution in [0.4, 0.5) is 5.69 Å². The van der Waals surface area contributed by atoms with Gasteiger partial charge in [0.25, 0.3) is 0 Å². The molecule has 2 rings (SSSR count). The quantitative estimate of drug-likeness (QED) is 0.762. The van der Waals surface area contributed by atoms with Crippen LogP contribution in [0.5, 0.6) is 5.75 Å². The third-order valence-corrected chi connectivity index (χ3v) is 2.81. The summed E-state index contributed by atoms with van der Waals surface area (Å²) in [6.45, 7) is 5.97. The molecule has 0 bridgehead atoms. The predicted molar refractivity (Wildman–Crippen MR) is 73.0 cm³/mol. The summed E-state index contributed by atoms with van der Waals surface area (Å²) in [5.74, 6) is 1.59. The first-order valence-electron chi connectivity index (χ1n) is 5.86. The van der Waals surface area contributed by atoms with Gasteiger partial charge in [-0.2, -0.15) is 0 Å². The van der Waals surface area contributed by atoms with E-state index in [2.05, 4.69) is 4.99 Å². The topological polar surface area (TPSA) is 34.7 Å². The second-order valence-electron chi connectivity index (χ2n) is 4.31. The summed E-state index contributed by atoms with van der Waals surface area (Å²) < 4.78 is 10.8. The fraction of sp³-hybridized carbons (Fsp3) is 0.267. The van der Waals surface area contributed by atoms with Gasteiger partial charge < -0.3 is 9.15 Å². The fourth-order valence-electron chi connectivity index (χ4n) is 1.85. The molecule has 3 heteroatoms. The minimum Gasteiger partial charge on any atom is -0.494 e. The van der Waals surface area contributed by atoms with Gasteiger partial charge in [0.1, 0.15) is 11.4 Å². The second-order valence-corrected chi connectivity index (χ2v) is 4.31. The van der Waals surface area contributed by atoms with Crippen molar-refractivity contribution in [3.05, 3.63) is 47.4 Å². The first kappa shape index (κ1) is 12.4. The SMILES string of the molecule is COc1cc(C)ccc1N=C(C)c1occc1C. The molecule has 2 aromatic rings. The van der Waals surface area contributed by atoms with Crippen molar-refractivity contribution in [2.45, 2.75) is 20.8 Å². The zero-order valence-corrected chi connectivity index (χ0v) is 11.2. The number of aryl methyl sites for hydroxylation is 2. The number of benzene rings is 1. The Balaban J connectivity index is 2.42. The normalized spacial score (nSPS) is 11.7. The number of rotatable bonds is 3. The number of methoxy groups -OCH3 is 1. The third-order valence-electron chi connectivity index (χ3n) is 2.81. The molecule has 0 atom stereocenters. The second kappa shape index (κ2) is 5.08. The van der Waals surface area contributed by atoms with Gasteiger partial charge in [-0.05, 0) is 50.1 Å². The highest BCUT2D eigenvalue weighted by Crippen LogP contribution is 2.29. The summed E-state index contributed by atoms with van der Waals surface area (Å²) in [5, 5.41) is 0. The number of nitrogens with zero attached hydrogens (tertiary/aromatic N) is 1. The van der Waals surface area contributed by atoms with Crippen LogP contribution in [0, 0.1) is 13.8 Å². The summed E-state index contributed by atoms with van der Waals surface area (Å²) in [6.07, 6.45) is 1.68. The summed E-state index contributed by atoms with van der Waals surface area (Å²) in [7, 11) is 1.65. The van der Waals surface area contributed by atoms with E-state index < -0.39 is 0 Å². The van der Waals surface area contributed by atoms with Gasteiger partial charge in [-0.15, -0.1) is 0 Å². The lowest BCUT2D eigenvalue weighted by atomic mass is 10.2. The van der Waals surface area contributed by atoms with Crippen LogP contribution >= 0.6 is 0 Å². The molecule has 0 radical (unpaired) electrons. The Morgan fingerprint density at radius 2 is 2.00 bits per heavy atom. The Hall–Kier alpha value is -2.03. The lowest BCUT2D eigenvalue weighted by molar-refractivity contribution is 0.416. The first-order valence-corrected chi connectivity index (χ1v) is 5.86. The minimum absolute atomic E-state index is 0.776. The number of aliphatic imine (C=N–C) groups is 1. The van der Waals surface area contributed by atoms with Crippen LogP contribution in [-0.4, -0.2) is 12.8 Å². The van der Waals surface area contributed by atoms with Gasteiger partial charge in [0.2, 0.25) is 0 Å². The third kappa shape index (κ3) is 2.45. The van der Waals surface area contributed by atoms with E-state index in [9.17, 15) is 0 Å². The smallest absolute Gasteiger partial charge is 0.150 e. The summed E-state index contributed by atoms with van der Waals surface area (Å²) in [6, 6.07) is 7.88. The van der Waals surface area contributed by atoms with Gasteiger partial charge in [0.15, 0.2) is 5.76 Å². The molecule has 1 aromatic carbocycles. The fourth-order valence-corrected chi connectivity index (χ4v) is 1.85. The van der Waals surface area contributed by atoms with Crippen molar-refractivity contribution >= 4 is 11.4 Å². The number of hydrogen-bond donors (Lipinski definition) is 0. The highest BCUT2D eigenvalue weighted by molar-refractivity contribution is 5.99. The molecule has 94 valence electrons. The lowest BCUT2D eigenvalue weighted by Crippen LogP contribution is -1.94. The first-order chi connectivity index (χ1) is 8.61. The summed E-state index contributed by atoms with van der Waals surface area (Å²) >= 11 is 0. The van der Waals surface area contributed by atoms with Crippen LogP contribution in [0.1, 0.15) is 23.8 Å². The van der Waals surface area contributed by atoms with Gasteiger partial charge in [-0.1, -0.05) is 6.07 Å². The van der Waals surface area contributed by atoms with Crippen molar-refractivity contribution in [1.82, 2.24) is 0 Å². The highest BCUT2D eigenvalue weighted by Gasteiger charge is 2.08. The molecule has 0 aliphatic rings. The molecular weight excluding hydrogens is 226 g/mol. The molecule has 0 spiro atoms. The molecule has 0 saturated heterocycles. The Bertz CT molecular complexity index is 582. The predicted octanol–water partition coefficient (Wildman–Crippen LogP) is 4.05. The number of hydrogen-bond acceptors (Lipinski definition) is 3. The molecule has 1 aromatic heterocycles. The standard InChI is InChI=1S/C15H17NO2/c1-10-5-6-13(14(9-10)17-4)16-12(3)15-11(2)7-8-18-15/h5-9H,1-4H3. The summed E-state index contributed by atoms with van der Waals surface area (Å²) in [5.41, 5.74) is 3.90. The maximum absolute atomic E-state index is 5.42. The van der Waals surface area contributed by atoms with Crippen molar-refractivity contribution in [2.75, 3.05) is 7.11 Å². The van der Waals surface area contributed by atoms with E-state index >= 15 is 0 Å². The van der Waals surface area contributed by atoms with Gasteiger partial charge in [0.05, 0.1) is 19.1 Å². The molecule has 0 aliphatic heterocycles. The van der Waals surface area contributed by atoms with E-state index in [0.717, 1.165) is 34.0 Å². The minimum atomic E-state index is 0.776. The highest BCUT2D eigenvalue weighted by atomic mass is 16.5. The zero-order chi connectivity index (χ0) is 13.1. The Kier molecular flexibility index (Phi) is 3.51. The van der Waals surface area contributed by atoms with Gasteiger partial charge in [-0.3, -0.25) is 0 Å². The van der Waals surface area contributed by atoms with Crippen LogP contribution in [0.25, 0.3) is 0 Å². The number of furan rings is 1. The van der Waals surface area contributed by atoms with E-state index in [1.54, 1.807) is 13.4 Å². The molecule has 3 nitrogen and oxygen atoms in total. The zero-order valence-electron chi connectivity index (χ0n) is 11.2. The molecule has 0 amide bonds. The maximum Gasteiger partial charge on any atom is 0.150 e. The van der Waals surface area contributed by atoms with E-state index in [0.29, 0.717) is 0 Å². The van der Waals surface area contributed by atoms with Crippen molar-refractivity contribution < 1.29 is 9.15 Å². The van der Waals surface area contributed by atoms with Crippen LogP contribution in [0.15, 0.2) is 39.9 Å². The maximum atomic E-state index is 5.42. The van der Waals surface area contributed by atoms with Gasteiger partial charge in [0, 0.05) is 0 Å². The van der Waals surface area contributed by atoms with E-state index in [1.807, 2.05) is 45.0 Å². The molecule has 0 unspecified atom stereocenters. The van der Waals surface area contributed by atoms with E-state index in [1.165, 1.54) is 0 Å². The lowest BCUT2D eigenvalue weighted by Gasteiger charge is -2.06. The van der Waals surface area contributed by atoms with Crippen molar-refractivity contribution in [3.63, 3.8) is 0 Å². The molecule has 0 fully saturated rings.